The lowest BCUT2D eigenvalue weighted by Crippen LogP contribution is -2.47. The Balaban J connectivity index is 1.34. The molecule has 0 amide bonds. The molecule has 2 heterocycles. The quantitative estimate of drug-likeness (QED) is 0.721. The lowest BCUT2D eigenvalue weighted by Gasteiger charge is -2.43. The monoisotopic (exact) mass is 405 g/mol. The van der Waals surface area contributed by atoms with Crippen molar-refractivity contribution in [1.82, 2.24) is 14.0 Å². The molecular formula is C25H31N3O2. The maximum Gasteiger partial charge on any atom is 0.328 e. The van der Waals surface area contributed by atoms with Gasteiger partial charge in [-0.25, -0.2) is 4.79 Å². The number of imidazole rings is 1. The zero-order chi connectivity index (χ0) is 21.0. The summed E-state index contributed by atoms with van der Waals surface area (Å²) in [5, 5.41) is 11.5. The Labute approximate surface area is 177 Å². The van der Waals surface area contributed by atoms with E-state index in [1.807, 2.05) is 20.2 Å². The van der Waals surface area contributed by atoms with Crippen LogP contribution in [0.15, 0.2) is 47.3 Å². The second kappa shape index (κ2) is 7.10. The summed E-state index contributed by atoms with van der Waals surface area (Å²) < 4.78 is 3.41. The first-order valence-electron chi connectivity index (χ1n) is 11.1. The third-order valence-corrected chi connectivity index (χ3v) is 7.26. The summed E-state index contributed by atoms with van der Waals surface area (Å²) in [6, 6.07) is 15.2. The molecule has 2 aliphatic rings. The predicted octanol–water partition coefficient (Wildman–Crippen LogP) is 3.63. The van der Waals surface area contributed by atoms with Crippen molar-refractivity contribution in [3.63, 3.8) is 0 Å². The minimum Gasteiger partial charge on any atom is -0.385 e. The van der Waals surface area contributed by atoms with Gasteiger partial charge in [-0.05, 0) is 67.3 Å². The molecule has 5 rings (SSSR count). The topological polar surface area (TPSA) is 50.4 Å². The molecule has 3 aromatic rings. The number of fused-ring (bicyclic) bond motifs is 1. The molecule has 2 fully saturated rings. The Bertz CT molecular complexity index is 1160. The molecule has 1 aromatic heterocycles. The van der Waals surface area contributed by atoms with E-state index in [2.05, 4.69) is 48.2 Å². The van der Waals surface area contributed by atoms with Crippen molar-refractivity contribution in [1.29, 1.82) is 0 Å². The highest BCUT2D eigenvalue weighted by atomic mass is 16.3. The number of piperidine rings is 1. The van der Waals surface area contributed by atoms with Crippen molar-refractivity contribution in [3.05, 3.63) is 69.6 Å². The summed E-state index contributed by atoms with van der Waals surface area (Å²) in [7, 11) is 3.64. The van der Waals surface area contributed by atoms with E-state index in [1.54, 1.807) is 9.13 Å². The fourth-order valence-electron chi connectivity index (χ4n) is 5.15. The van der Waals surface area contributed by atoms with Crippen LogP contribution in [0.25, 0.3) is 11.0 Å². The average Bonchev–Trinajstić information content (AvgIpc) is 3.57. The molecule has 1 N–H and O–H groups in total. The van der Waals surface area contributed by atoms with Crippen LogP contribution in [0.1, 0.15) is 55.2 Å². The van der Waals surface area contributed by atoms with Crippen molar-refractivity contribution < 1.29 is 5.11 Å². The standard InChI is InChI=1S/C25H31N3O2/c1-17-15-25(30,21-6-4-5-20(14-21)19-8-9-19)11-12-28(17)16-18-7-10-22-23(13-18)27(3)24(29)26(22)2/h4-7,10,13-14,17,19,30H,8-9,11-12,15-16H2,1-3H3/t17-,25+/m0/s1. The Morgan fingerprint density at radius 2 is 1.83 bits per heavy atom. The molecule has 1 aliphatic carbocycles. The Kier molecular flexibility index (Phi) is 4.64. The van der Waals surface area contributed by atoms with Crippen LogP contribution in [-0.2, 0) is 26.2 Å². The van der Waals surface area contributed by atoms with E-state index in [4.69, 9.17) is 0 Å². The summed E-state index contributed by atoms with van der Waals surface area (Å²) in [6.45, 7) is 3.90. The van der Waals surface area contributed by atoms with Crippen LogP contribution < -0.4 is 5.69 Å². The molecule has 2 atom stereocenters. The molecule has 1 saturated carbocycles. The SMILES string of the molecule is C[C@H]1C[C@@](O)(c2cccc(C3CC3)c2)CCN1Cc1ccc2c(c1)n(C)c(=O)n2C. The third kappa shape index (κ3) is 3.30. The molecule has 5 heteroatoms. The molecule has 2 aromatic carbocycles. The number of hydrogen-bond acceptors (Lipinski definition) is 3. The maximum absolute atomic E-state index is 12.2. The minimum atomic E-state index is -0.742. The fraction of sp³-hybridized carbons (Fsp3) is 0.480. The number of nitrogens with zero attached hydrogens (tertiary/aromatic N) is 3. The molecule has 30 heavy (non-hydrogen) atoms. The summed E-state index contributed by atoms with van der Waals surface area (Å²) in [5.74, 6) is 0.704. The number of rotatable bonds is 4. The van der Waals surface area contributed by atoms with Crippen LogP contribution in [-0.4, -0.2) is 31.7 Å². The highest BCUT2D eigenvalue weighted by Crippen LogP contribution is 2.43. The smallest absolute Gasteiger partial charge is 0.328 e. The number of aliphatic hydroxyl groups is 1. The van der Waals surface area contributed by atoms with E-state index in [1.165, 1.54) is 24.0 Å². The number of hydrogen-bond donors (Lipinski definition) is 1. The predicted molar refractivity (Wildman–Crippen MR) is 120 cm³/mol. The van der Waals surface area contributed by atoms with Gasteiger partial charge in [0.1, 0.15) is 0 Å². The van der Waals surface area contributed by atoms with E-state index in [0.29, 0.717) is 5.92 Å². The molecule has 5 nitrogen and oxygen atoms in total. The van der Waals surface area contributed by atoms with Gasteiger partial charge in [0.15, 0.2) is 0 Å². The van der Waals surface area contributed by atoms with Crippen molar-refractivity contribution in [2.24, 2.45) is 14.1 Å². The van der Waals surface area contributed by atoms with Gasteiger partial charge in [-0.15, -0.1) is 0 Å². The van der Waals surface area contributed by atoms with Crippen molar-refractivity contribution in [3.8, 4) is 0 Å². The molecule has 158 valence electrons. The second-order valence-corrected chi connectivity index (χ2v) is 9.43. The van der Waals surface area contributed by atoms with Crippen molar-refractivity contribution >= 4 is 11.0 Å². The fourth-order valence-corrected chi connectivity index (χ4v) is 5.15. The van der Waals surface area contributed by atoms with E-state index in [9.17, 15) is 9.90 Å². The molecular weight excluding hydrogens is 374 g/mol. The molecule has 0 spiro atoms. The van der Waals surface area contributed by atoms with Crippen molar-refractivity contribution in [2.75, 3.05) is 6.54 Å². The molecule has 0 radical (unpaired) electrons. The average molecular weight is 406 g/mol. The van der Waals surface area contributed by atoms with E-state index in [-0.39, 0.29) is 11.7 Å². The van der Waals surface area contributed by atoms with Gasteiger partial charge in [-0.2, -0.15) is 0 Å². The van der Waals surface area contributed by atoms with Crippen molar-refractivity contribution in [2.45, 2.75) is 56.7 Å². The highest BCUT2D eigenvalue weighted by molar-refractivity contribution is 5.76. The van der Waals surface area contributed by atoms with Crippen LogP contribution in [0.5, 0.6) is 0 Å². The van der Waals surface area contributed by atoms with E-state index < -0.39 is 5.60 Å². The summed E-state index contributed by atoms with van der Waals surface area (Å²) in [4.78, 5) is 14.7. The first-order chi connectivity index (χ1) is 14.4. The van der Waals surface area contributed by atoms with Crippen LogP contribution in [0.3, 0.4) is 0 Å². The molecule has 0 unspecified atom stereocenters. The van der Waals surface area contributed by atoms with Gasteiger partial charge in [-0.1, -0.05) is 30.3 Å². The molecule has 0 bridgehead atoms. The van der Waals surface area contributed by atoms with E-state index in [0.717, 1.165) is 42.5 Å². The van der Waals surface area contributed by atoms with Gasteiger partial charge in [0.05, 0.1) is 16.6 Å². The number of benzene rings is 2. The Morgan fingerprint density at radius 3 is 2.57 bits per heavy atom. The van der Waals surface area contributed by atoms with Crippen LogP contribution >= 0.6 is 0 Å². The first-order valence-corrected chi connectivity index (χ1v) is 11.1. The van der Waals surface area contributed by atoms with Gasteiger partial charge in [0.25, 0.3) is 0 Å². The zero-order valence-electron chi connectivity index (χ0n) is 18.1. The largest absolute Gasteiger partial charge is 0.385 e. The first kappa shape index (κ1) is 19.6. The maximum atomic E-state index is 12.2. The summed E-state index contributed by atoms with van der Waals surface area (Å²) >= 11 is 0. The van der Waals surface area contributed by atoms with Crippen LogP contribution in [0.4, 0.5) is 0 Å². The molecule has 1 aliphatic heterocycles. The lowest BCUT2D eigenvalue weighted by atomic mass is 9.80. The highest BCUT2D eigenvalue weighted by Gasteiger charge is 2.38. The number of likely N-dealkylation sites (tertiary alicyclic amines) is 1. The Morgan fingerprint density at radius 1 is 1.07 bits per heavy atom. The lowest BCUT2D eigenvalue weighted by molar-refractivity contribution is -0.0502. The normalized spacial score (nSPS) is 25.1. The van der Waals surface area contributed by atoms with Gasteiger partial charge in [0, 0.05) is 33.2 Å². The third-order valence-electron chi connectivity index (χ3n) is 7.26. The van der Waals surface area contributed by atoms with Crippen LogP contribution in [0.2, 0.25) is 0 Å². The minimum absolute atomic E-state index is 0.00647. The van der Waals surface area contributed by atoms with Crippen LogP contribution in [0, 0.1) is 0 Å². The molecule has 1 saturated heterocycles. The zero-order valence-corrected chi connectivity index (χ0v) is 18.1. The van der Waals surface area contributed by atoms with Gasteiger partial charge >= 0.3 is 5.69 Å². The number of aromatic nitrogens is 2. The summed E-state index contributed by atoms with van der Waals surface area (Å²) in [6.07, 6.45) is 4.05. The van der Waals surface area contributed by atoms with Gasteiger partial charge < -0.3 is 5.11 Å². The van der Waals surface area contributed by atoms with E-state index >= 15 is 0 Å². The number of aryl methyl sites for hydroxylation is 2. The second-order valence-electron chi connectivity index (χ2n) is 9.43. The van der Waals surface area contributed by atoms with Gasteiger partial charge in [-0.3, -0.25) is 14.0 Å². The Hall–Kier alpha value is -2.37. The summed E-state index contributed by atoms with van der Waals surface area (Å²) in [5.41, 5.74) is 4.87. The van der Waals surface area contributed by atoms with Gasteiger partial charge in [0.2, 0.25) is 0 Å².